The Hall–Kier alpha value is -4.83. The fourth-order valence-corrected chi connectivity index (χ4v) is 7.77. The Labute approximate surface area is 249 Å². The van der Waals surface area contributed by atoms with Crippen molar-refractivity contribution in [2.45, 2.75) is 72.4 Å². The van der Waals surface area contributed by atoms with Crippen LogP contribution in [0.25, 0.3) is 43.1 Å². The van der Waals surface area contributed by atoms with Gasteiger partial charge >= 0.3 is 0 Å². The van der Waals surface area contributed by atoms with Crippen LogP contribution in [0, 0.1) is 18.3 Å². The summed E-state index contributed by atoms with van der Waals surface area (Å²) in [7, 11) is 0. The van der Waals surface area contributed by atoms with Gasteiger partial charge < -0.3 is 0 Å². The van der Waals surface area contributed by atoms with Crippen molar-refractivity contribution in [2.75, 3.05) is 0 Å². The standard InChI is InChI=1S/C36H31N3O4/c1-6-19(7-2)38-33(40)23-13-11-22-28-18(16-37)15-26-30-24(34(41)39(36(26)43)20(8-3)9-4)12-10-21(32(28)30)27-17(5)14-25(35(38)42)29(23)31(22)27/h10-15,19-20H,6-9H2,1-5H3. The molecule has 4 amide bonds. The molecule has 5 aromatic rings. The number of carbonyl (C=O) groups excluding carboxylic acids is 4. The van der Waals surface area contributed by atoms with Crippen LogP contribution in [-0.2, 0) is 0 Å². The van der Waals surface area contributed by atoms with Crippen LogP contribution in [0.15, 0.2) is 36.4 Å². The van der Waals surface area contributed by atoms with Gasteiger partial charge in [0.2, 0.25) is 0 Å². The maximum atomic E-state index is 13.9. The summed E-state index contributed by atoms with van der Waals surface area (Å²) >= 11 is 0. The Kier molecular flexibility index (Phi) is 5.87. The van der Waals surface area contributed by atoms with E-state index in [1.165, 1.54) is 9.80 Å². The zero-order valence-electron chi connectivity index (χ0n) is 24.9. The zero-order valence-corrected chi connectivity index (χ0v) is 24.9. The first-order chi connectivity index (χ1) is 20.7. The highest BCUT2D eigenvalue weighted by atomic mass is 16.2. The topological polar surface area (TPSA) is 98.6 Å². The van der Waals surface area contributed by atoms with Gasteiger partial charge in [-0.2, -0.15) is 5.26 Å². The maximum Gasteiger partial charge on any atom is 0.261 e. The summed E-state index contributed by atoms with van der Waals surface area (Å²) < 4.78 is 0. The molecule has 7 heteroatoms. The Morgan fingerprint density at radius 3 is 1.47 bits per heavy atom. The highest BCUT2D eigenvalue weighted by molar-refractivity contribution is 6.42. The predicted octanol–water partition coefficient (Wildman–Crippen LogP) is 7.49. The molecule has 214 valence electrons. The normalized spacial score (nSPS) is 15.0. The van der Waals surface area contributed by atoms with Crippen LogP contribution in [0.5, 0.6) is 0 Å². The summed E-state index contributed by atoms with van der Waals surface area (Å²) in [5.74, 6) is -1.30. The first-order valence-corrected chi connectivity index (χ1v) is 15.1. The molecular weight excluding hydrogens is 538 g/mol. The summed E-state index contributed by atoms with van der Waals surface area (Å²) in [4.78, 5) is 58.4. The molecular formula is C36H31N3O4. The molecule has 2 heterocycles. The summed E-state index contributed by atoms with van der Waals surface area (Å²) in [6, 6.07) is 12.7. The lowest BCUT2D eigenvalue weighted by molar-refractivity contribution is 0.0514. The minimum Gasteiger partial charge on any atom is -0.271 e. The molecule has 0 radical (unpaired) electrons. The monoisotopic (exact) mass is 569 g/mol. The third-order valence-corrected chi connectivity index (χ3v) is 9.83. The van der Waals surface area contributed by atoms with Crippen LogP contribution in [0.3, 0.4) is 0 Å². The van der Waals surface area contributed by atoms with Crippen molar-refractivity contribution >= 4 is 66.7 Å². The van der Waals surface area contributed by atoms with E-state index >= 15 is 0 Å². The Bertz CT molecular complexity index is 2150. The number of hydrogen-bond acceptors (Lipinski definition) is 5. The molecule has 0 fully saturated rings. The maximum absolute atomic E-state index is 13.9. The van der Waals surface area contributed by atoms with Gasteiger partial charge in [-0.15, -0.1) is 0 Å². The third kappa shape index (κ3) is 3.24. The van der Waals surface area contributed by atoms with Gasteiger partial charge in [0.05, 0.1) is 17.2 Å². The molecule has 0 bridgehead atoms. The van der Waals surface area contributed by atoms with Crippen molar-refractivity contribution < 1.29 is 19.2 Å². The van der Waals surface area contributed by atoms with Gasteiger partial charge in [0.1, 0.15) is 0 Å². The van der Waals surface area contributed by atoms with E-state index in [9.17, 15) is 24.4 Å². The first-order valence-electron chi connectivity index (χ1n) is 15.1. The van der Waals surface area contributed by atoms with E-state index in [4.69, 9.17) is 0 Å². The lowest BCUT2D eigenvalue weighted by Gasteiger charge is -2.35. The van der Waals surface area contributed by atoms with Crippen molar-refractivity contribution in [1.29, 1.82) is 5.26 Å². The van der Waals surface area contributed by atoms with Gasteiger partial charge in [-0.1, -0.05) is 39.8 Å². The molecule has 0 spiro atoms. The molecule has 0 saturated heterocycles. The SMILES string of the molecule is CCC(CC)N1C(=O)c2ccc3c4c(C#N)cc5c6c(ccc(c7c(C)cc(c2c37)C1=O)c64)C(=O)N(C(CC)CC)C5=O. The molecule has 0 unspecified atom stereocenters. The van der Waals surface area contributed by atoms with E-state index in [-0.39, 0.29) is 35.7 Å². The van der Waals surface area contributed by atoms with Crippen molar-refractivity contribution in [3.8, 4) is 6.07 Å². The quantitative estimate of drug-likeness (QED) is 0.120. The van der Waals surface area contributed by atoms with E-state index in [1.54, 1.807) is 18.2 Å². The number of benzene rings is 5. The average Bonchev–Trinajstić information content (AvgIpc) is 3.02. The summed E-state index contributed by atoms with van der Waals surface area (Å²) in [5, 5.41) is 16.1. The number of hydrogen-bond donors (Lipinski definition) is 0. The number of imide groups is 2. The molecule has 2 aliphatic rings. The van der Waals surface area contributed by atoms with Crippen LogP contribution in [0.2, 0.25) is 0 Å². The number of rotatable bonds is 6. The third-order valence-electron chi connectivity index (χ3n) is 9.83. The van der Waals surface area contributed by atoms with Gasteiger partial charge in [-0.3, -0.25) is 29.0 Å². The molecule has 7 nitrogen and oxygen atoms in total. The molecule has 7 rings (SSSR count). The van der Waals surface area contributed by atoms with E-state index in [2.05, 4.69) is 6.07 Å². The van der Waals surface area contributed by atoms with Crippen molar-refractivity contribution in [1.82, 2.24) is 9.80 Å². The minimum absolute atomic E-state index is 0.201. The smallest absolute Gasteiger partial charge is 0.261 e. The van der Waals surface area contributed by atoms with E-state index in [1.807, 2.05) is 52.8 Å². The minimum atomic E-state index is -0.378. The Morgan fingerprint density at radius 2 is 1.00 bits per heavy atom. The molecule has 5 aromatic carbocycles. The van der Waals surface area contributed by atoms with E-state index in [0.29, 0.717) is 75.0 Å². The predicted molar refractivity (Wildman–Crippen MR) is 167 cm³/mol. The number of amides is 4. The zero-order chi connectivity index (χ0) is 30.5. The second-order valence-corrected chi connectivity index (χ2v) is 11.8. The molecule has 0 aromatic heterocycles. The van der Waals surface area contributed by atoms with Gasteiger partial charge in [0.15, 0.2) is 0 Å². The average molecular weight is 570 g/mol. The lowest BCUT2D eigenvalue weighted by Crippen LogP contribution is -2.46. The molecule has 2 aliphatic heterocycles. The van der Waals surface area contributed by atoms with Crippen molar-refractivity contribution in [3.05, 3.63) is 69.8 Å². The summed E-state index contributed by atoms with van der Waals surface area (Å²) in [6.07, 6.45) is 2.61. The van der Waals surface area contributed by atoms with Crippen LogP contribution >= 0.6 is 0 Å². The molecule has 0 atom stereocenters. The van der Waals surface area contributed by atoms with Crippen LogP contribution < -0.4 is 0 Å². The molecule has 0 N–H and O–H groups in total. The van der Waals surface area contributed by atoms with Crippen LogP contribution in [0.4, 0.5) is 0 Å². The number of nitrogens with zero attached hydrogens (tertiary/aromatic N) is 3. The van der Waals surface area contributed by atoms with Crippen molar-refractivity contribution in [2.24, 2.45) is 0 Å². The van der Waals surface area contributed by atoms with Crippen LogP contribution in [-0.4, -0.2) is 45.5 Å². The van der Waals surface area contributed by atoms with E-state index < -0.39 is 0 Å². The number of nitriles is 1. The second-order valence-electron chi connectivity index (χ2n) is 11.8. The lowest BCUT2D eigenvalue weighted by atomic mass is 9.79. The van der Waals surface area contributed by atoms with Crippen LogP contribution in [0.1, 0.15) is 106 Å². The first kappa shape index (κ1) is 27.0. The summed E-state index contributed by atoms with van der Waals surface area (Å²) in [6.45, 7) is 9.83. The highest BCUT2D eigenvalue weighted by Crippen LogP contribution is 2.48. The van der Waals surface area contributed by atoms with Gasteiger partial charge in [0.25, 0.3) is 23.6 Å². The Balaban J connectivity index is 1.65. The van der Waals surface area contributed by atoms with Crippen molar-refractivity contribution in [3.63, 3.8) is 0 Å². The molecule has 0 saturated carbocycles. The Morgan fingerprint density at radius 1 is 0.581 bits per heavy atom. The number of aryl methyl sites for hydroxylation is 1. The summed E-state index contributed by atoms with van der Waals surface area (Å²) in [5.41, 5.74) is 2.94. The van der Waals surface area contributed by atoms with Gasteiger partial charge in [-0.25, -0.2) is 0 Å². The van der Waals surface area contributed by atoms with Gasteiger partial charge in [0, 0.05) is 50.3 Å². The number of carbonyl (C=O) groups is 4. The van der Waals surface area contributed by atoms with E-state index in [0.717, 1.165) is 27.1 Å². The highest BCUT2D eigenvalue weighted by Gasteiger charge is 2.40. The fourth-order valence-electron chi connectivity index (χ4n) is 7.77. The molecule has 43 heavy (non-hydrogen) atoms. The molecule has 0 aliphatic carbocycles. The second kappa shape index (κ2) is 9.34. The van der Waals surface area contributed by atoms with Gasteiger partial charge in [-0.05, 0) is 84.0 Å². The number of fused-ring (bicyclic) bond motifs is 2. The largest absolute Gasteiger partial charge is 0.271 e. The fraction of sp³-hybridized carbons (Fsp3) is 0.306.